The van der Waals surface area contributed by atoms with Gasteiger partial charge in [-0.1, -0.05) is 23.7 Å². The van der Waals surface area contributed by atoms with E-state index in [1.165, 1.54) is 0 Å². The number of hydrogen-bond donors (Lipinski definition) is 1. The predicted octanol–water partition coefficient (Wildman–Crippen LogP) is 2.58. The molecule has 0 aromatic heterocycles. The number of carbonyl (C=O) groups is 1. The Morgan fingerprint density at radius 1 is 1.47 bits per heavy atom. The Balaban J connectivity index is 2.59. The van der Waals surface area contributed by atoms with Crippen LogP contribution in [-0.4, -0.2) is 11.3 Å². The van der Waals surface area contributed by atoms with E-state index in [-0.39, 0.29) is 5.78 Å². The summed E-state index contributed by atoms with van der Waals surface area (Å²) >= 11 is 5.83. The van der Waals surface area contributed by atoms with Crippen molar-refractivity contribution in [3.8, 4) is 0 Å². The molecule has 0 heterocycles. The Morgan fingerprint density at radius 3 is 2.67 bits per heavy atom. The second-order valence-electron chi connectivity index (χ2n) is 4.51. The van der Waals surface area contributed by atoms with Gasteiger partial charge in [0.15, 0.2) is 0 Å². The Kier molecular flexibility index (Phi) is 3.89. The molecular formula is C12H16ClNO. The second kappa shape index (κ2) is 4.77. The maximum atomic E-state index is 11.6. The van der Waals surface area contributed by atoms with Gasteiger partial charge in [0.1, 0.15) is 5.78 Å². The lowest BCUT2D eigenvalue weighted by molar-refractivity contribution is -0.119. The van der Waals surface area contributed by atoms with Crippen LogP contribution in [0.5, 0.6) is 0 Å². The fourth-order valence-electron chi connectivity index (χ4n) is 1.45. The van der Waals surface area contributed by atoms with Gasteiger partial charge in [-0.2, -0.15) is 0 Å². The largest absolute Gasteiger partial charge is 0.325 e. The van der Waals surface area contributed by atoms with Crippen molar-refractivity contribution >= 4 is 17.4 Å². The van der Waals surface area contributed by atoms with Gasteiger partial charge >= 0.3 is 0 Å². The summed E-state index contributed by atoms with van der Waals surface area (Å²) in [4.78, 5) is 11.6. The minimum absolute atomic E-state index is 0.143. The van der Waals surface area contributed by atoms with Crippen molar-refractivity contribution in [2.45, 2.75) is 32.2 Å². The third kappa shape index (κ3) is 4.96. The average Bonchev–Trinajstić information content (AvgIpc) is 1.99. The van der Waals surface area contributed by atoms with E-state index in [1.54, 1.807) is 6.07 Å². The van der Waals surface area contributed by atoms with Crippen LogP contribution in [0.15, 0.2) is 24.3 Å². The SMILES string of the molecule is CC(C)(N)CC(=O)Cc1cccc(Cl)c1. The van der Waals surface area contributed by atoms with Crippen LogP contribution in [0, 0.1) is 0 Å². The molecule has 0 atom stereocenters. The van der Waals surface area contributed by atoms with E-state index in [1.807, 2.05) is 32.0 Å². The Labute approximate surface area is 95.4 Å². The van der Waals surface area contributed by atoms with E-state index in [2.05, 4.69) is 0 Å². The first-order valence-corrected chi connectivity index (χ1v) is 5.30. The zero-order valence-corrected chi connectivity index (χ0v) is 9.84. The van der Waals surface area contributed by atoms with E-state index in [0.717, 1.165) is 5.56 Å². The molecule has 0 aliphatic rings. The summed E-state index contributed by atoms with van der Waals surface area (Å²) < 4.78 is 0. The molecule has 0 spiro atoms. The molecule has 1 rings (SSSR count). The van der Waals surface area contributed by atoms with Crippen LogP contribution in [0.4, 0.5) is 0 Å². The van der Waals surface area contributed by atoms with E-state index >= 15 is 0 Å². The van der Waals surface area contributed by atoms with E-state index < -0.39 is 5.54 Å². The highest BCUT2D eigenvalue weighted by Crippen LogP contribution is 2.13. The molecule has 0 unspecified atom stereocenters. The number of benzene rings is 1. The van der Waals surface area contributed by atoms with Crippen LogP contribution < -0.4 is 5.73 Å². The molecule has 3 heteroatoms. The van der Waals surface area contributed by atoms with Crippen molar-refractivity contribution in [3.05, 3.63) is 34.9 Å². The molecule has 15 heavy (non-hydrogen) atoms. The van der Waals surface area contributed by atoms with E-state index in [0.29, 0.717) is 17.9 Å². The minimum Gasteiger partial charge on any atom is -0.325 e. The molecule has 0 saturated heterocycles. The fourth-order valence-corrected chi connectivity index (χ4v) is 1.66. The molecule has 0 aliphatic heterocycles. The fraction of sp³-hybridized carbons (Fsp3) is 0.417. The van der Waals surface area contributed by atoms with Crippen LogP contribution in [0.1, 0.15) is 25.8 Å². The van der Waals surface area contributed by atoms with Gasteiger partial charge in [0.05, 0.1) is 0 Å². The number of carbonyl (C=O) groups excluding carboxylic acids is 1. The first-order valence-electron chi connectivity index (χ1n) is 4.92. The number of Topliss-reactive ketones (excluding diaryl/α,β-unsaturated/α-hetero) is 1. The summed E-state index contributed by atoms with van der Waals surface area (Å²) in [6.07, 6.45) is 0.792. The summed E-state index contributed by atoms with van der Waals surface area (Å²) in [5.41, 5.74) is 6.28. The van der Waals surface area contributed by atoms with Gasteiger partial charge in [-0.05, 0) is 31.5 Å². The molecule has 2 nitrogen and oxygen atoms in total. The molecule has 2 N–H and O–H groups in total. The molecule has 1 aromatic rings. The lowest BCUT2D eigenvalue weighted by atomic mass is 9.96. The third-order valence-electron chi connectivity index (χ3n) is 1.94. The van der Waals surface area contributed by atoms with Crippen molar-refractivity contribution in [1.82, 2.24) is 0 Å². The summed E-state index contributed by atoms with van der Waals surface area (Å²) in [5.74, 6) is 0.143. The molecule has 0 radical (unpaired) electrons. The standard InChI is InChI=1S/C12H16ClNO/c1-12(2,14)8-11(15)7-9-4-3-5-10(13)6-9/h3-6H,7-8,14H2,1-2H3. The maximum Gasteiger partial charge on any atom is 0.139 e. The molecule has 0 amide bonds. The molecule has 0 saturated carbocycles. The number of halogens is 1. The lowest BCUT2D eigenvalue weighted by Crippen LogP contribution is -2.35. The van der Waals surface area contributed by atoms with Gasteiger partial charge in [0.2, 0.25) is 0 Å². The zero-order chi connectivity index (χ0) is 11.5. The van der Waals surface area contributed by atoms with E-state index in [9.17, 15) is 4.79 Å². The molecule has 0 aliphatic carbocycles. The average molecular weight is 226 g/mol. The molecule has 0 bridgehead atoms. The highest BCUT2D eigenvalue weighted by molar-refractivity contribution is 6.30. The van der Waals surface area contributed by atoms with Crippen LogP contribution in [0.25, 0.3) is 0 Å². The maximum absolute atomic E-state index is 11.6. The molecule has 0 fully saturated rings. The van der Waals surface area contributed by atoms with Crippen LogP contribution in [-0.2, 0) is 11.2 Å². The minimum atomic E-state index is -0.435. The van der Waals surface area contributed by atoms with Crippen molar-refractivity contribution in [1.29, 1.82) is 0 Å². The summed E-state index contributed by atoms with van der Waals surface area (Å²) in [6.45, 7) is 3.70. The smallest absolute Gasteiger partial charge is 0.139 e. The monoisotopic (exact) mass is 225 g/mol. The Hall–Kier alpha value is -0.860. The van der Waals surface area contributed by atoms with Gasteiger partial charge in [-0.3, -0.25) is 4.79 Å². The van der Waals surface area contributed by atoms with Gasteiger partial charge in [-0.25, -0.2) is 0 Å². The quantitative estimate of drug-likeness (QED) is 0.856. The van der Waals surface area contributed by atoms with Crippen molar-refractivity contribution in [2.24, 2.45) is 5.73 Å². The van der Waals surface area contributed by atoms with Crippen LogP contribution >= 0.6 is 11.6 Å². The molecular weight excluding hydrogens is 210 g/mol. The van der Waals surface area contributed by atoms with Gasteiger partial charge in [-0.15, -0.1) is 0 Å². The highest BCUT2D eigenvalue weighted by Gasteiger charge is 2.16. The predicted molar refractivity (Wildman–Crippen MR) is 63.0 cm³/mol. The first-order chi connectivity index (χ1) is 6.87. The normalized spacial score (nSPS) is 11.5. The Morgan fingerprint density at radius 2 is 2.13 bits per heavy atom. The highest BCUT2D eigenvalue weighted by atomic mass is 35.5. The summed E-state index contributed by atoms with van der Waals surface area (Å²) in [7, 11) is 0. The number of rotatable bonds is 4. The van der Waals surface area contributed by atoms with Gasteiger partial charge < -0.3 is 5.73 Å². The van der Waals surface area contributed by atoms with Crippen LogP contribution in [0.2, 0.25) is 5.02 Å². The van der Waals surface area contributed by atoms with Gasteiger partial charge in [0.25, 0.3) is 0 Å². The second-order valence-corrected chi connectivity index (χ2v) is 4.95. The van der Waals surface area contributed by atoms with Gasteiger partial charge in [0, 0.05) is 23.4 Å². The lowest BCUT2D eigenvalue weighted by Gasteiger charge is -2.16. The van der Waals surface area contributed by atoms with Crippen molar-refractivity contribution < 1.29 is 4.79 Å². The first kappa shape index (κ1) is 12.2. The van der Waals surface area contributed by atoms with Crippen LogP contribution in [0.3, 0.4) is 0 Å². The number of hydrogen-bond acceptors (Lipinski definition) is 2. The third-order valence-corrected chi connectivity index (χ3v) is 2.18. The molecule has 1 aromatic carbocycles. The summed E-state index contributed by atoms with van der Waals surface area (Å²) in [5, 5.41) is 0.660. The number of nitrogens with two attached hydrogens (primary N) is 1. The zero-order valence-electron chi connectivity index (χ0n) is 9.09. The summed E-state index contributed by atoms with van der Waals surface area (Å²) in [6, 6.07) is 7.34. The van der Waals surface area contributed by atoms with E-state index in [4.69, 9.17) is 17.3 Å². The Bertz CT molecular complexity index is 355. The van der Waals surface area contributed by atoms with Crippen molar-refractivity contribution in [2.75, 3.05) is 0 Å². The topological polar surface area (TPSA) is 43.1 Å². The number of ketones is 1. The molecule has 82 valence electrons. The van der Waals surface area contributed by atoms with Crippen molar-refractivity contribution in [3.63, 3.8) is 0 Å².